The normalized spacial score (nSPS) is 12.5. The first kappa shape index (κ1) is 14.7. The van der Waals surface area contributed by atoms with E-state index in [1.54, 1.807) is 0 Å². The highest BCUT2D eigenvalue weighted by molar-refractivity contribution is 5.75. The fourth-order valence-electron chi connectivity index (χ4n) is 2.01. The molecule has 0 aliphatic rings. The number of rotatable bonds is 6. The molecule has 0 bridgehead atoms. The molecule has 0 aliphatic heterocycles. The summed E-state index contributed by atoms with van der Waals surface area (Å²) < 4.78 is 4.82. The molecule has 0 aliphatic carbocycles. The Bertz CT molecular complexity index is 388. The monoisotopic (exact) mass is 249 g/mol. The number of methoxy groups -OCH3 is 1. The molecule has 1 rings (SSSR count). The second-order valence-corrected chi connectivity index (χ2v) is 4.75. The number of esters is 1. The lowest BCUT2D eigenvalue weighted by atomic mass is 10.0. The number of aryl methyl sites for hydroxylation is 1. The number of hydrogen-bond donors (Lipinski definition) is 1. The summed E-state index contributed by atoms with van der Waals surface area (Å²) in [5.41, 5.74) is 2.56. The Labute approximate surface area is 110 Å². The van der Waals surface area contributed by atoms with Crippen LogP contribution in [-0.4, -0.2) is 19.1 Å². The summed E-state index contributed by atoms with van der Waals surface area (Å²) in [6, 6.07) is 8.04. The van der Waals surface area contributed by atoms with Crippen molar-refractivity contribution >= 4 is 5.97 Å². The first-order chi connectivity index (χ1) is 8.60. The van der Waals surface area contributed by atoms with E-state index in [-0.39, 0.29) is 17.9 Å². The van der Waals surface area contributed by atoms with E-state index in [0.717, 1.165) is 6.42 Å². The van der Waals surface area contributed by atoms with Crippen molar-refractivity contribution in [1.29, 1.82) is 0 Å². The van der Waals surface area contributed by atoms with E-state index in [4.69, 9.17) is 4.74 Å². The van der Waals surface area contributed by atoms with Crippen LogP contribution in [0, 0.1) is 5.92 Å². The molecule has 0 amide bonds. The summed E-state index contributed by atoms with van der Waals surface area (Å²) in [5, 5.41) is 3.29. The van der Waals surface area contributed by atoms with Gasteiger partial charge in [0.1, 0.15) is 6.04 Å². The van der Waals surface area contributed by atoms with Crippen molar-refractivity contribution in [1.82, 2.24) is 5.32 Å². The van der Waals surface area contributed by atoms with E-state index in [1.165, 1.54) is 18.2 Å². The van der Waals surface area contributed by atoms with Gasteiger partial charge in [-0.05, 0) is 23.5 Å². The van der Waals surface area contributed by atoms with Gasteiger partial charge in [-0.1, -0.05) is 45.0 Å². The molecule has 1 N–H and O–H groups in total. The van der Waals surface area contributed by atoms with Crippen LogP contribution in [0.4, 0.5) is 0 Å². The molecule has 0 radical (unpaired) electrons. The fourth-order valence-corrected chi connectivity index (χ4v) is 2.01. The lowest BCUT2D eigenvalue weighted by Gasteiger charge is -2.20. The molecule has 0 aromatic heterocycles. The van der Waals surface area contributed by atoms with Gasteiger partial charge in [-0.25, -0.2) is 0 Å². The van der Waals surface area contributed by atoms with Crippen LogP contribution in [0.5, 0.6) is 0 Å². The highest BCUT2D eigenvalue weighted by Gasteiger charge is 2.22. The van der Waals surface area contributed by atoms with Crippen molar-refractivity contribution < 1.29 is 9.53 Å². The van der Waals surface area contributed by atoms with Crippen LogP contribution in [0.1, 0.15) is 31.9 Å². The predicted octanol–water partition coefficient (Wildman–Crippen LogP) is 2.54. The van der Waals surface area contributed by atoms with E-state index in [1.807, 2.05) is 26.0 Å². The molecule has 1 atom stereocenters. The average Bonchev–Trinajstić information content (AvgIpc) is 2.38. The van der Waals surface area contributed by atoms with Crippen molar-refractivity contribution in [3.05, 3.63) is 35.4 Å². The lowest BCUT2D eigenvalue weighted by molar-refractivity contribution is -0.144. The number of carbonyl (C=O) groups is 1. The van der Waals surface area contributed by atoms with Crippen molar-refractivity contribution in [2.75, 3.05) is 7.11 Å². The van der Waals surface area contributed by atoms with Gasteiger partial charge in [-0.2, -0.15) is 0 Å². The molecule has 0 fully saturated rings. The largest absolute Gasteiger partial charge is 0.468 e. The smallest absolute Gasteiger partial charge is 0.323 e. The second kappa shape index (κ2) is 7.17. The first-order valence-electron chi connectivity index (χ1n) is 6.48. The van der Waals surface area contributed by atoms with E-state index < -0.39 is 0 Å². The van der Waals surface area contributed by atoms with Crippen LogP contribution in [0.15, 0.2) is 24.3 Å². The van der Waals surface area contributed by atoms with Crippen LogP contribution in [0.3, 0.4) is 0 Å². The molecule has 1 aromatic rings. The van der Waals surface area contributed by atoms with Crippen molar-refractivity contribution in [2.45, 2.75) is 39.8 Å². The van der Waals surface area contributed by atoms with Crippen LogP contribution < -0.4 is 5.32 Å². The van der Waals surface area contributed by atoms with E-state index in [0.29, 0.717) is 6.54 Å². The number of benzene rings is 1. The number of carbonyl (C=O) groups excluding carboxylic acids is 1. The molecule has 0 spiro atoms. The van der Waals surface area contributed by atoms with E-state index in [2.05, 4.69) is 24.4 Å². The summed E-state index contributed by atoms with van der Waals surface area (Å²) in [5.74, 6) is 0.0187. The Morgan fingerprint density at radius 1 is 1.28 bits per heavy atom. The third-order valence-electron chi connectivity index (χ3n) is 3.13. The maximum absolute atomic E-state index is 11.6. The SMILES string of the molecule is CCc1ccccc1CN[C@H](C(=O)OC)C(C)C. The van der Waals surface area contributed by atoms with Gasteiger partial charge in [0.05, 0.1) is 7.11 Å². The molecule has 18 heavy (non-hydrogen) atoms. The van der Waals surface area contributed by atoms with E-state index >= 15 is 0 Å². The summed E-state index contributed by atoms with van der Waals surface area (Å²) in [6.07, 6.45) is 1.00. The minimum atomic E-state index is -0.250. The van der Waals surface area contributed by atoms with Gasteiger partial charge < -0.3 is 10.1 Å². The Morgan fingerprint density at radius 3 is 2.39 bits per heavy atom. The third-order valence-corrected chi connectivity index (χ3v) is 3.13. The highest BCUT2D eigenvalue weighted by Crippen LogP contribution is 2.11. The molecule has 100 valence electrons. The standard InChI is InChI=1S/C15H23NO2/c1-5-12-8-6-7-9-13(12)10-16-14(11(2)3)15(17)18-4/h6-9,11,14,16H,5,10H2,1-4H3/t14-/m0/s1. The van der Waals surface area contributed by atoms with Gasteiger partial charge in [-0.3, -0.25) is 4.79 Å². The predicted molar refractivity (Wildman–Crippen MR) is 73.3 cm³/mol. The summed E-state index contributed by atoms with van der Waals surface area (Å²) in [6.45, 7) is 6.86. The van der Waals surface area contributed by atoms with Crippen LogP contribution >= 0.6 is 0 Å². The molecule has 1 aromatic carbocycles. The van der Waals surface area contributed by atoms with Crippen LogP contribution in [0.25, 0.3) is 0 Å². The molecule has 0 saturated carbocycles. The number of ether oxygens (including phenoxy) is 1. The van der Waals surface area contributed by atoms with Gasteiger partial charge in [-0.15, -0.1) is 0 Å². The van der Waals surface area contributed by atoms with Gasteiger partial charge >= 0.3 is 5.97 Å². The van der Waals surface area contributed by atoms with Gasteiger partial charge in [0.25, 0.3) is 0 Å². The third kappa shape index (κ3) is 3.84. The second-order valence-electron chi connectivity index (χ2n) is 4.75. The topological polar surface area (TPSA) is 38.3 Å². The molecule has 0 saturated heterocycles. The molecule has 0 unspecified atom stereocenters. The summed E-state index contributed by atoms with van der Waals surface area (Å²) in [4.78, 5) is 11.6. The Hall–Kier alpha value is -1.35. The molecule has 3 heteroatoms. The number of nitrogens with one attached hydrogen (secondary N) is 1. The van der Waals surface area contributed by atoms with Crippen molar-refractivity contribution in [3.8, 4) is 0 Å². The quantitative estimate of drug-likeness (QED) is 0.787. The molecule has 3 nitrogen and oxygen atoms in total. The first-order valence-corrected chi connectivity index (χ1v) is 6.48. The van der Waals surface area contributed by atoms with Crippen LogP contribution in [0.2, 0.25) is 0 Å². The zero-order valence-electron chi connectivity index (χ0n) is 11.7. The van der Waals surface area contributed by atoms with Crippen LogP contribution in [-0.2, 0) is 22.5 Å². The summed E-state index contributed by atoms with van der Waals surface area (Å²) in [7, 11) is 1.43. The van der Waals surface area contributed by atoms with E-state index in [9.17, 15) is 4.79 Å². The van der Waals surface area contributed by atoms with Crippen molar-refractivity contribution in [3.63, 3.8) is 0 Å². The number of hydrogen-bond acceptors (Lipinski definition) is 3. The fraction of sp³-hybridized carbons (Fsp3) is 0.533. The Kier molecular flexibility index (Phi) is 5.86. The van der Waals surface area contributed by atoms with Gasteiger partial charge in [0, 0.05) is 6.54 Å². The summed E-state index contributed by atoms with van der Waals surface area (Å²) >= 11 is 0. The molecule has 0 heterocycles. The zero-order valence-corrected chi connectivity index (χ0v) is 11.7. The lowest BCUT2D eigenvalue weighted by Crippen LogP contribution is -2.41. The molecular weight excluding hydrogens is 226 g/mol. The highest BCUT2D eigenvalue weighted by atomic mass is 16.5. The minimum absolute atomic E-state index is 0.195. The Morgan fingerprint density at radius 2 is 1.89 bits per heavy atom. The molecular formula is C15H23NO2. The maximum atomic E-state index is 11.6. The zero-order chi connectivity index (χ0) is 13.5. The average molecular weight is 249 g/mol. The van der Waals surface area contributed by atoms with Gasteiger partial charge in [0.2, 0.25) is 0 Å². The Balaban J connectivity index is 2.70. The maximum Gasteiger partial charge on any atom is 0.323 e. The van der Waals surface area contributed by atoms with Gasteiger partial charge in [0.15, 0.2) is 0 Å². The minimum Gasteiger partial charge on any atom is -0.468 e. The van der Waals surface area contributed by atoms with Crippen molar-refractivity contribution in [2.24, 2.45) is 5.92 Å².